The minimum Gasteiger partial charge on any atom is -0.309 e. The molecule has 3 heterocycles. The Bertz CT molecular complexity index is 4820. The fraction of sp³-hybridized carbons (Fsp3) is 0. The second kappa shape index (κ2) is 16.6. The molecule has 0 spiro atoms. The first kappa shape index (κ1) is 42.7. The van der Waals surface area contributed by atoms with Crippen molar-refractivity contribution in [2.24, 2.45) is 0 Å². The fourth-order valence-electron chi connectivity index (χ4n) is 13.4. The summed E-state index contributed by atoms with van der Waals surface area (Å²) < 4.78 is 7.47. The number of para-hydroxylation sites is 4. The van der Waals surface area contributed by atoms with Crippen molar-refractivity contribution < 1.29 is 0 Å². The lowest BCUT2D eigenvalue weighted by Gasteiger charge is -2.35. The van der Waals surface area contributed by atoms with Crippen molar-refractivity contribution in [3.8, 4) is 17.1 Å². The molecule has 0 saturated carbocycles. The van der Waals surface area contributed by atoms with Gasteiger partial charge in [-0.05, 0) is 120 Å². The van der Waals surface area contributed by atoms with Gasteiger partial charge in [-0.25, -0.2) is 0 Å². The van der Waals surface area contributed by atoms with Gasteiger partial charge in [0.25, 0.3) is 0 Å². The maximum Gasteiger partial charge on any atom is 0.179 e. The lowest BCUT2D eigenvalue weighted by atomic mass is 9.92. The van der Waals surface area contributed by atoms with E-state index in [1.807, 2.05) is 0 Å². The zero-order valence-electron chi connectivity index (χ0n) is 41.5. The van der Waals surface area contributed by atoms with Gasteiger partial charge in [0.1, 0.15) is 0 Å². The van der Waals surface area contributed by atoms with Crippen molar-refractivity contribution in [3.63, 3.8) is 0 Å². The van der Waals surface area contributed by atoms with E-state index in [4.69, 9.17) is 0 Å². The average molecular weight is 982 g/mol. The maximum atomic E-state index is 2.55. The van der Waals surface area contributed by atoms with Gasteiger partial charge in [0.2, 0.25) is 0 Å². The lowest BCUT2D eigenvalue weighted by molar-refractivity contribution is 1.17. The Kier molecular flexibility index (Phi) is 9.36. The van der Waals surface area contributed by atoms with Crippen LogP contribution in [-0.2, 0) is 0 Å². The van der Waals surface area contributed by atoms with Gasteiger partial charge < -0.3 is 13.7 Å². The molecule has 0 unspecified atom stereocenters. The van der Waals surface area contributed by atoms with Crippen molar-refractivity contribution in [1.29, 1.82) is 0 Å². The van der Waals surface area contributed by atoms with E-state index < -0.39 is 8.07 Å². The van der Waals surface area contributed by atoms with Gasteiger partial charge in [-0.15, -0.1) is 0 Å². The van der Waals surface area contributed by atoms with Gasteiger partial charge in [0.15, 0.2) is 8.07 Å². The van der Waals surface area contributed by atoms with Crippen LogP contribution in [0.25, 0.3) is 115 Å². The number of aromatic nitrogens is 3. The number of hydrogen-bond donors (Lipinski definition) is 0. The molecule has 3 aromatic heterocycles. The summed E-state index contributed by atoms with van der Waals surface area (Å²) in [7, 11) is -3.10. The van der Waals surface area contributed by atoms with E-state index in [9.17, 15) is 0 Å². The van der Waals surface area contributed by atoms with Crippen LogP contribution >= 0.6 is 0 Å². The lowest BCUT2D eigenvalue weighted by Crippen LogP contribution is -2.74. The van der Waals surface area contributed by atoms with E-state index in [-0.39, 0.29) is 0 Å². The number of benzene rings is 13. The predicted molar refractivity (Wildman–Crippen MR) is 326 cm³/mol. The smallest absolute Gasteiger partial charge is 0.179 e. The summed E-state index contributed by atoms with van der Waals surface area (Å²) in [4.78, 5) is 0. The second-order valence-corrected chi connectivity index (χ2v) is 24.1. The summed E-state index contributed by atoms with van der Waals surface area (Å²) in [6, 6.07) is 107. The first-order chi connectivity index (χ1) is 37.7. The molecular weight excluding hydrogens is 935 g/mol. The highest BCUT2D eigenvalue weighted by Gasteiger charge is 2.42. The molecule has 76 heavy (non-hydrogen) atoms. The highest BCUT2D eigenvalue weighted by atomic mass is 28.3. The summed E-state index contributed by atoms with van der Waals surface area (Å²) in [5.74, 6) is 0. The minimum absolute atomic E-state index is 1.13. The van der Waals surface area contributed by atoms with Crippen molar-refractivity contribution in [2.75, 3.05) is 0 Å². The number of fused-ring (bicyclic) bond motifs is 16. The molecule has 0 atom stereocenters. The van der Waals surface area contributed by atoms with Crippen LogP contribution in [0.1, 0.15) is 0 Å². The van der Waals surface area contributed by atoms with Crippen molar-refractivity contribution >= 4 is 127 Å². The maximum absolute atomic E-state index is 3.10. The average Bonchev–Trinajstić information content (AvgIpc) is 4.14. The Morgan fingerprint density at radius 3 is 0.987 bits per heavy atom. The van der Waals surface area contributed by atoms with Gasteiger partial charge in [-0.3, -0.25) is 0 Å². The summed E-state index contributed by atoms with van der Waals surface area (Å²) >= 11 is 0. The zero-order chi connectivity index (χ0) is 49.9. The Balaban J connectivity index is 1.00. The molecule has 4 heteroatoms. The van der Waals surface area contributed by atoms with E-state index in [1.165, 1.54) is 118 Å². The molecule has 0 radical (unpaired) electrons. The van der Waals surface area contributed by atoms with Gasteiger partial charge in [0, 0.05) is 54.8 Å². The normalized spacial score (nSPS) is 12.2. The van der Waals surface area contributed by atoms with Crippen LogP contribution in [0.4, 0.5) is 0 Å². The molecule has 13 aromatic carbocycles. The molecule has 0 fully saturated rings. The van der Waals surface area contributed by atoms with E-state index in [2.05, 4.69) is 299 Å². The molecule has 16 aromatic rings. The third kappa shape index (κ3) is 6.04. The van der Waals surface area contributed by atoms with Crippen LogP contribution in [0, 0.1) is 0 Å². The summed E-state index contributed by atoms with van der Waals surface area (Å²) in [6.07, 6.45) is 0. The molecule has 0 aliphatic carbocycles. The Labute approximate surface area is 440 Å². The van der Waals surface area contributed by atoms with E-state index >= 15 is 0 Å². The summed E-state index contributed by atoms with van der Waals surface area (Å²) in [5.41, 5.74) is 10.6. The highest BCUT2D eigenvalue weighted by molar-refractivity contribution is 7.20. The summed E-state index contributed by atoms with van der Waals surface area (Å²) in [5, 5.41) is 20.4. The molecule has 3 nitrogen and oxygen atoms in total. The highest BCUT2D eigenvalue weighted by Crippen LogP contribution is 2.45. The number of nitrogens with zero attached hydrogens (tertiary/aromatic N) is 3. The molecule has 0 aliphatic heterocycles. The molecule has 0 amide bonds. The topological polar surface area (TPSA) is 14.8 Å². The number of rotatable bonds is 7. The van der Waals surface area contributed by atoms with Crippen LogP contribution in [0.3, 0.4) is 0 Å². The second-order valence-electron chi connectivity index (χ2n) is 20.3. The monoisotopic (exact) mass is 981 g/mol. The van der Waals surface area contributed by atoms with Crippen LogP contribution in [0.5, 0.6) is 0 Å². The van der Waals surface area contributed by atoms with E-state index in [0.29, 0.717) is 0 Å². The molecule has 0 bridgehead atoms. The Morgan fingerprint density at radius 1 is 0.184 bits per heavy atom. The molecule has 0 saturated heterocycles. The third-order valence-electron chi connectivity index (χ3n) is 16.5. The van der Waals surface area contributed by atoms with Gasteiger partial charge in [-0.2, -0.15) is 0 Å². The zero-order valence-corrected chi connectivity index (χ0v) is 42.5. The SMILES string of the molecule is c1ccc([Si](c2ccccc2)(c2cccc(-n3c4ccccc4c4ccccc43)c2)c2cccc(-n3c4ccc(-n5c6ccccc6c6ccccc65)cc4c4c5c6ccccc6c6ccccc6c5ccc43)c2)cc1. The molecule has 354 valence electrons. The molecule has 0 N–H and O–H groups in total. The fourth-order valence-corrected chi connectivity index (χ4v) is 18.3. The molecule has 16 rings (SSSR count). The van der Waals surface area contributed by atoms with E-state index in [1.54, 1.807) is 0 Å². The standard InChI is InChI=1S/C72H47N3Si/c1-3-23-51(24-4-1)76(52-25-5-2-6-26-52,53-27-19-21-48(45-53)73-65-37-15-11-32-58(65)59-33-12-16-38-66(59)73)54-28-20-22-49(46-54)75-69-43-41-50(74-67-39-17-13-34-60(67)61-35-14-18-40-68(61)74)47-64(69)72-70(75)44-42-63-57-31-8-7-29-55(57)56-30-9-10-36-62(56)71(63)72/h1-47H. The first-order valence-corrected chi connectivity index (χ1v) is 28.3. The summed E-state index contributed by atoms with van der Waals surface area (Å²) in [6.45, 7) is 0. The van der Waals surface area contributed by atoms with Crippen molar-refractivity contribution in [2.45, 2.75) is 0 Å². The van der Waals surface area contributed by atoms with Gasteiger partial charge >= 0.3 is 0 Å². The van der Waals surface area contributed by atoms with Gasteiger partial charge in [0.05, 0.1) is 33.1 Å². The van der Waals surface area contributed by atoms with Crippen LogP contribution in [0.15, 0.2) is 285 Å². The van der Waals surface area contributed by atoms with Crippen LogP contribution in [0.2, 0.25) is 0 Å². The largest absolute Gasteiger partial charge is 0.309 e. The Morgan fingerprint density at radius 2 is 0.513 bits per heavy atom. The van der Waals surface area contributed by atoms with Gasteiger partial charge in [-0.1, -0.05) is 212 Å². The predicted octanol–water partition coefficient (Wildman–Crippen LogP) is 15.8. The molecular formula is C72H47N3Si. The minimum atomic E-state index is -3.10. The van der Waals surface area contributed by atoms with E-state index in [0.717, 1.165) is 17.1 Å². The quantitative estimate of drug-likeness (QED) is 0.0859. The number of hydrogen-bond acceptors (Lipinski definition) is 0. The van der Waals surface area contributed by atoms with Crippen molar-refractivity contribution in [3.05, 3.63) is 285 Å². The molecule has 0 aliphatic rings. The van der Waals surface area contributed by atoms with Crippen LogP contribution < -0.4 is 20.7 Å². The third-order valence-corrected chi connectivity index (χ3v) is 21.3. The van der Waals surface area contributed by atoms with Crippen LogP contribution in [-0.4, -0.2) is 21.8 Å². The van der Waals surface area contributed by atoms with Crippen molar-refractivity contribution in [1.82, 2.24) is 13.7 Å². The Hall–Kier alpha value is -9.74. The first-order valence-electron chi connectivity index (χ1n) is 26.3.